The van der Waals surface area contributed by atoms with Gasteiger partial charge in [-0.15, -0.1) is 0 Å². The number of fused-ring (bicyclic) bond motifs is 1. The van der Waals surface area contributed by atoms with Crippen LogP contribution in [-0.2, 0) is 17.2 Å². The number of amides is 1. The molecule has 0 aliphatic carbocycles. The van der Waals surface area contributed by atoms with Crippen LogP contribution in [0.5, 0.6) is 0 Å². The number of nitrogens with zero attached hydrogens (tertiary/aromatic N) is 1. The van der Waals surface area contributed by atoms with Gasteiger partial charge in [0.15, 0.2) is 0 Å². The van der Waals surface area contributed by atoms with Crippen LogP contribution >= 0.6 is 0 Å². The Morgan fingerprint density at radius 3 is 2.74 bits per heavy atom. The van der Waals surface area contributed by atoms with Gasteiger partial charge in [0.25, 0.3) is 0 Å². The second kappa shape index (κ2) is 4.96. The molecule has 102 valence electrons. The third kappa shape index (κ3) is 2.57. The molecule has 1 aromatic heterocycles. The molecule has 1 amide bonds. The Morgan fingerprint density at radius 1 is 1.37 bits per heavy atom. The first kappa shape index (κ1) is 13.5. The van der Waals surface area contributed by atoms with Crippen molar-refractivity contribution in [1.29, 1.82) is 0 Å². The van der Waals surface area contributed by atoms with Crippen LogP contribution < -0.4 is 5.32 Å². The number of benzene rings is 1. The minimum Gasteiger partial charge on any atom is -0.453 e. The fourth-order valence-electron chi connectivity index (χ4n) is 2.34. The van der Waals surface area contributed by atoms with Crippen molar-refractivity contribution in [1.82, 2.24) is 9.88 Å². The van der Waals surface area contributed by atoms with E-state index in [1.807, 2.05) is 19.2 Å². The maximum atomic E-state index is 11.2. The summed E-state index contributed by atoms with van der Waals surface area (Å²) in [5.74, 6) is 0. The smallest absolute Gasteiger partial charge is 0.406 e. The van der Waals surface area contributed by atoms with Gasteiger partial charge in [0.2, 0.25) is 0 Å². The van der Waals surface area contributed by atoms with E-state index in [-0.39, 0.29) is 5.41 Å². The Bertz CT molecular complexity index is 599. The highest BCUT2D eigenvalue weighted by atomic mass is 16.5. The predicted molar refractivity (Wildman–Crippen MR) is 76.4 cm³/mol. The van der Waals surface area contributed by atoms with Gasteiger partial charge in [0, 0.05) is 36.1 Å². The first-order valence-electron chi connectivity index (χ1n) is 6.32. The first-order chi connectivity index (χ1) is 8.95. The largest absolute Gasteiger partial charge is 0.453 e. The number of hydrogen-bond acceptors (Lipinski definition) is 2. The number of para-hydroxylation sites is 1. The molecule has 0 saturated carbocycles. The molecule has 1 N–H and O–H groups in total. The highest BCUT2D eigenvalue weighted by Crippen LogP contribution is 2.31. The maximum Gasteiger partial charge on any atom is 0.406 e. The topological polar surface area (TPSA) is 43.3 Å². The summed E-state index contributed by atoms with van der Waals surface area (Å²) in [4.78, 5) is 11.2. The van der Waals surface area contributed by atoms with Crippen LogP contribution in [0.4, 0.5) is 4.79 Å². The van der Waals surface area contributed by atoms with E-state index in [9.17, 15) is 4.79 Å². The molecule has 1 heterocycles. The first-order valence-corrected chi connectivity index (χ1v) is 6.32. The highest BCUT2D eigenvalue weighted by molar-refractivity contribution is 5.85. The van der Waals surface area contributed by atoms with Gasteiger partial charge in [0.05, 0.1) is 7.11 Å². The van der Waals surface area contributed by atoms with Gasteiger partial charge in [-0.2, -0.15) is 0 Å². The molecule has 0 aliphatic rings. The number of aromatic nitrogens is 1. The second-order valence-corrected chi connectivity index (χ2v) is 5.40. The van der Waals surface area contributed by atoms with Crippen molar-refractivity contribution >= 4 is 17.0 Å². The molecule has 2 aromatic rings. The summed E-state index contributed by atoms with van der Waals surface area (Å²) < 4.78 is 6.73. The summed E-state index contributed by atoms with van der Waals surface area (Å²) in [6, 6.07) is 8.29. The number of nitrogens with one attached hydrogen (secondary N) is 1. The fourth-order valence-corrected chi connectivity index (χ4v) is 2.34. The number of rotatable bonds is 3. The number of methoxy groups -OCH3 is 1. The summed E-state index contributed by atoms with van der Waals surface area (Å²) >= 11 is 0. The lowest BCUT2D eigenvalue weighted by atomic mass is 9.84. The Labute approximate surface area is 113 Å². The Kier molecular flexibility index (Phi) is 3.51. The van der Waals surface area contributed by atoms with E-state index in [1.165, 1.54) is 23.6 Å². The van der Waals surface area contributed by atoms with Crippen molar-refractivity contribution in [3.05, 3.63) is 36.0 Å². The summed E-state index contributed by atoms with van der Waals surface area (Å²) in [5.41, 5.74) is 2.26. The summed E-state index contributed by atoms with van der Waals surface area (Å²) in [6.45, 7) is 4.77. The van der Waals surface area contributed by atoms with Crippen LogP contribution in [0.2, 0.25) is 0 Å². The standard InChI is InChI=1S/C15H20N2O2/c1-15(2,10-16-14(18)19-4)12-9-17(3)13-8-6-5-7-11(12)13/h5-9H,10H2,1-4H3,(H,16,18). The van der Waals surface area contributed by atoms with E-state index in [1.54, 1.807) is 0 Å². The Hall–Kier alpha value is -1.97. The molecular formula is C15H20N2O2. The molecule has 2 rings (SSSR count). The summed E-state index contributed by atoms with van der Waals surface area (Å²) in [6.07, 6.45) is 1.73. The number of ether oxygens (including phenoxy) is 1. The van der Waals surface area contributed by atoms with Crippen LogP contribution in [0, 0.1) is 0 Å². The van der Waals surface area contributed by atoms with E-state index >= 15 is 0 Å². The number of aryl methyl sites for hydroxylation is 1. The molecule has 0 unspecified atom stereocenters. The van der Waals surface area contributed by atoms with Gasteiger partial charge < -0.3 is 14.6 Å². The Morgan fingerprint density at radius 2 is 2.05 bits per heavy atom. The van der Waals surface area contributed by atoms with E-state index < -0.39 is 6.09 Å². The van der Waals surface area contributed by atoms with Gasteiger partial charge in [0.1, 0.15) is 0 Å². The zero-order valence-corrected chi connectivity index (χ0v) is 11.9. The van der Waals surface area contributed by atoms with Gasteiger partial charge in [-0.05, 0) is 11.6 Å². The average Bonchev–Trinajstić information content (AvgIpc) is 2.75. The van der Waals surface area contributed by atoms with Crippen molar-refractivity contribution in [2.45, 2.75) is 19.3 Å². The normalized spacial score (nSPS) is 11.6. The minimum absolute atomic E-state index is 0.158. The molecule has 0 atom stereocenters. The highest BCUT2D eigenvalue weighted by Gasteiger charge is 2.25. The quantitative estimate of drug-likeness (QED) is 0.922. The van der Waals surface area contributed by atoms with E-state index in [2.05, 4.69) is 46.8 Å². The van der Waals surface area contributed by atoms with Gasteiger partial charge in [-0.3, -0.25) is 0 Å². The molecule has 4 nitrogen and oxygen atoms in total. The van der Waals surface area contributed by atoms with Crippen LogP contribution in [-0.4, -0.2) is 24.3 Å². The number of carbonyl (C=O) groups is 1. The van der Waals surface area contributed by atoms with Crippen LogP contribution in [0.3, 0.4) is 0 Å². The summed E-state index contributed by atoms with van der Waals surface area (Å²) in [5, 5.41) is 4.00. The zero-order valence-electron chi connectivity index (χ0n) is 11.9. The molecule has 0 aliphatic heterocycles. The number of alkyl carbamates (subject to hydrolysis) is 1. The van der Waals surface area contributed by atoms with E-state index in [0.29, 0.717) is 6.54 Å². The van der Waals surface area contributed by atoms with Crippen molar-refractivity contribution < 1.29 is 9.53 Å². The number of carbonyl (C=O) groups excluding carboxylic acids is 1. The van der Waals surface area contributed by atoms with E-state index in [0.717, 1.165) is 0 Å². The van der Waals surface area contributed by atoms with Gasteiger partial charge >= 0.3 is 6.09 Å². The van der Waals surface area contributed by atoms with Crippen molar-refractivity contribution in [3.8, 4) is 0 Å². The van der Waals surface area contributed by atoms with Crippen LogP contribution in [0.25, 0.3) is 10.9 Å². The monoisotopic (exact) mass is 260 g/mol. The third-order valence-corrected chi connectivity index (χ3v) is 3.49. The van der Waals surface area contributed by atoms with Crippen molar-refractivity contribution in [2.75, 3.05) is 13.7 Å². The predicted octanol–water partition coefficient (Wildman–Crippen LogP) is 2.81. The lowest BCUT2D eigenvalue weighted by molar-refractivity contribution is 0.168. The molecule has 4 heteroatoms. The molecule has 1 aromatic carbocycles. The maximum absolute atomic E-state index is 11.2. The van der Waals surface area contributed by atoms with Crippen molar-refractivity contribution in [3.63, 3.8) is 0 Å². The van der Waals surface area contributed by atoms with E-state index in [4.69, 9.17) is 0 Å². The fraction of sp³-hybridized carbons (Fsp3) is 0.400. The minimum atomic E-state index is -0.395. The molecule has 0 bridgehead atoms. The molecule has 0 spiro atoms. The van der Waals surface area contributed by atoms with Gasteiger partial charge in [-0.1, -0.05) is 32.0 Å². The lowest BCUT2D eigenvalue weighted by Crippen LogP contribution is -2.36. The molecule has 0 radical (unpaired) electrons. The number of hydrogen-bond donors (Lipinski definition) is 1. The third-order valence-electron chi connectivity index (χ3n) is 3.49. The lowest BCUT2D eigenvalue weighted by Gasteiger charge is -2.24. The van der Waals surface area contributed by atoms with Crippen LogP contribution in [0.1, 0.15) is 19.4 Å². The summed E-state index contributed by atoms with van der Waals surface area (Å²) in [7, 11) is 3.41. The SMILES string of the molecule is COC(=O)NCC(C)(C)c1cn(C)c2ccccc12. The molecule has 19 heavy (non-hydrogen) atoms. The molecule has 0 saturated heterocycles. The molecule has 0 fully saturated rings. The van der Waals surface area contributed by atoms with Crippen molar-refractivity contribution in [2.24, 2.45) is 7.05 Å². The zero-order chi connectivity index (χ0) is 14.0. The van der Waals surface area contributed by atoms with Crippen LogP contribution in [0.15, 0.2) is 30.5 Å². The second-order valence-electron chi connectivity index (χ2n) is 5.40. The average molecular weight is 260 g/mol. The van der Waals surface area contributed by atoms with Gasteiger partial charge in [-0.25, -0.2) is 4.79 Å². The Balaban J connectivity index is 2.34. The molecular weight excluding hydrogens is 240 g/mol.